The molecule has 0 bridgehead atoms. The molecular weight excluding hydrogens is 264 g/mol. The van der Waals surface area contributed by atoms with E-state index in [0.717, 1.165) is 0 Å². The normalized spacial score (nSPS) is 24.8. The number of allylic oxidation sites excluding steroid dienone is 2. The van der Waals surface area contributed by atoms with Crippen molar-refractivity contribution in [3.63, 3.8) is 0 Å². The Morgan fingerprint density at radius 3 is 1.53 bits per heavy atom. The molecule has 104 valence electrons. The van der Waals surface area contributed by atoms with Gasteiger partial charge in [-0.1, -0.05) is 12.2 Å². The van der Waals surface area contributed by atoms with E-state index in [2.05, 4.69) is 0 Å². The van der Waals surface area contributed by atoms with Crippen molar-refractivity contribution in [2.24, 2.45) is 22.9 Å². The van der Waals surface area contributed by atoms with E-state index < -0.39 is 21.2 Å². The van der Waals surface area contributed by atoms with Gasteiger partial charge in [0.05, 0.1) is 21.1 Å². The largest absolute Gasteiger partial charge is 0.310 e. The smallest absolute Gasteiger partial charge is 0.206 e. The van der Waals surface area contributed by atoms with Gasteiger partial charge in [0.25, 0.3) is 0 Å². The summed E-state index contributed by atoms with van der Waals surface area (Å²) in [5.74, 6) is 0. The maximum Gasteiger partial charge on any atom is 0.206 e. The fourth-order valence-electron chi connectivity index (χ4n) is 1.97. The number of hydrogen-bond donors (Lipinski definition) is 4. The second-order valence-electron chi connectivity index (χ2n) is 5.03. The second-order valence-corrected chi connectivity index (χ2v) is 6.98. The molecule has 2 rings (SSSR count). The first-order chi connectivity index (χ1) is 8.62. The average molecular weight is 282 g/mol. The highest BCUT2D eigenvalue weighted by atomic mass is 32.2. The number of rotatable bonds is 2. The second kappa shape index (κ2) is 4.39. The highest BCUT2D eigenvalue weighted by Gasteiger charge is 2.30. The predicted octanol–water partition coefficient (Wildman–Crippen LogP) is -0.684. The highest BCUT2D eigenvalue weighted by molar-refractivity contribution is 7.99. The lowest BCUT2D eigenvalue weighted by molar-refractivity contribution is 0.549. The van der Waals surface area contributed by atoms with Crippen molar-refractivity contribution in [2.45, 2.75) is 24.2 Å². The molecule has 2 aliphatic carbocycles. The van der Waals surface area contributed by atoms with Crippen molar-refractivity contribution in [1.82, 2.24) is 0 Å². The zero-order chi connectivity index (χ0) is 14.3. The van der Waals surface area contributed by atoms with Gasteiger partial charge in [-0.25, -0.2) is 8.42 Å². The molecule has 0 fully saturated rings. The van der Waals surface area contributed by atoms with E-state index in [1.165, 1.54) is 24.3 Å². The summed E-state index contributed by atoms with van der Waals surface area (Å²) in [5.41, 5.74) is 20.7. The summed E-state index contributed by atoms with van der Waals surface area (Å²) < 4.78 is 24.9. The zero-order valence-corrected chi connectivity index (χ0v) is 11.2. The molecule has 19 heavy (non-hydrogen) atoms. The average Bonchev–Trinajstić information content (AvgIpc) is 2.26. The number of hydrogen-bond acceptors (Lipinski definition) is 6. The van der Waals surface area contributed by atoms with Crippen LogP contribution in [0.4, 0.5) is 0 Å². The van der Waals surface area contributed by atoms with Crippen molar-refractivity contribution in [1.29, 1.82) is 0 Å². The molecule has 2 aliphatic rings. The first-order valence-corrected chi connectivity index (χ1v) is 7.30. The SMILES string of the molecule is NC1(N)C=C(S(=O)(=O)C2=CC(N)(N)CC=C2)C=CC1. The third-order valence-electron chi connectivity index (χ3n) is 2.95. The van der Waals surface area contributed by atoms with Crippen LogP contribution in [0.2, 0.25) is 0 Å². The van der Waals surface area contributed by atoms with Gasteiger partial charge in [0.1, 0.15) is 0 Å². The third-order valence-corrected chi connectivity index (χ3v) is 4.70. The van der Waals surface area contributed by atoms with Crippen LogP contribution in [0.5, 0.6) is 0 Å². The molecule has 0 aromatic carbocycles. The van der Waals surface area contributed by atoms with Crippen LogP contribution in [0.1, 0.15) is 12.8 Å². The predicted molar refractivity (Wildman–Crippen MR) is 74.8 cm³/mol. The van der Waals surface area contributed by atoms with Crippen molar-refractivity contribution in [2.75, 3.05) is 0 Å². The fraction of sp³-hybridized carbons (Fsp3) is 0.333. The lowest BCUT2D eigenvalue weighted by Gasteiger charge is -2.26. The molecule has 7 heteroatoms. The van der Waals surface area contributed by atoms with Crippen LogP contribution in [-0.2, 0) is 9.84 Å². The Labute approximate surface area is 112 Å². The topological polar surface area (TPSA) is 138 Å². The molecular formula is C12H18N4O2S. The Bertz CT molecular complexity index is 562. The Morgan fingerprint density at radius 2 is 1.21 bits per heavy atom. The maximum absolute atomic E-state index is 12.5. The van der Waals surface area contributed by atoms with E-state index in [4.69, 9.17) is 22.9 Å². The van der Waals surface area contributed by atoms with Crippen LogP contribution in [-0.4, -0.2) is 19.7 Å². The Kier molecular flexibility index (Phi) is 3.28. The molecule has 0 heterocycles. The fourth-order valence-corrected chi connectivity index (χ4v) is 3.54. The minimum atomic E-state index is -3.70. The molecule has 0 unspecified atom stereocenters. The summed E-state index contributed by atoms with van der Waals surface area (Å²) in [5, 5.41) is 0. The van der Waals surface area contributed by atoms with Crippen molar-refractivity contribution >= 4 is 9.84 Å². The third kappa shape index (κ3) is 3.02. The lowest BCUT2D eigenvalue weighted by atomic mass is 10.0. The molecule has 0 radical (unpaired) electrons. The Hall–Kier alpha value is -1.25. The van der Waals surface area contributed by atoms with E-state index in [-0.39, 0.29) is 9.81 Å². The van der Waals surface area contributed by atoms with E-state index >= 15 is 0 Å². The van der Waals surface area contributed by atoms with Gasteiger partial charge in [-0.15, -0.1) is 0 Å². The highest BCUT2D eigenvalue weighted by Crippen LogP contribution is 2.28. The quantitative estimate of drug-likeness (QED) is 0.495. The van der Waals surface area contributed by atoms with Crippen molar-refractivity contribution in [3.05, 3.63) is 46.3 Å². The maximum atomic E-state index is 12.5. The van der Waals surface area contributed by atoms with E-state index in [0.29, 0.717) is 12.8 Å². The molecule has 0 spiro atoms. The molecule has 0 amide bonds. The molecule has 0 aromatic rings. The summed E-state index contributed by atoms with van der Waals surface area (Å²) in [6.45, 7) is 0. The van der Waals surface area contributed by atoms with Gasteiger partial charge in [-0.05, 0) is 24.3 Å². The van der Waals surface area contributed by atoms with Gasteiger partial charge >= 0.3 is 0 Å². The van der Waals surface area contributed by atoms with Crippen LogP contribution >= 0.6 is 0 Å². The van der Waals surface area contributed by atoms with Gasteiger partial charge in [0.15, 0.2) is 0 Å². The van der Waals surface area contributed by atoms with E-state index in [1.54, 1.807) is 12.2 Å². The molecule has 0 saturated carbocycles. The van der Waals surface area contributed by atoms with Gasteiger partial charge in [0, 0.05) is 12.8 Å². The molecule has 0 atom stereocenters. The van der Waals surface area contributed by atoms with E-state index in [9.17, 15) is 8.42 Å². The van der Waals surface area contributed by atoms with Crippen molar-refractivity contribution in [3.8, 4) is 0 Å². The molecule has 6 nitrogen and oxygen atoms in total. The van der Waals surface area contributed by atoms with Crippen molar-refractivity contribution < 1.29 is 8.42 Å². The van der Waals surface area contributed by atoms with Crippen LogP contribution < -0.4 is 22.9 Å². The summed E-state index contributed by atoms with van der Waals surface area (Å²) >= 11 is 0. The number of nitrogens with two attached hydrogens (primary N) is 4. The van der Waals surface area contributed by atoms with Gasteiger partial charge in [-0.2, -0.15) is 0 Å². The van der Waals surface area contributed by atoms with Crippen LogP contribution in [0.3, 0.4) is 0 Å². The molecule has 8 N–H and O–H groups in total. The van der Waals surface area contributed by atoms with Crippen LogP contribution in [0.15, 0.2) is 46.3 Å². The minimum Gasteiger partial charge on any atom is -0.310 e. The first-order valence-electron chi connectivity index (χ1n) is 5.82. The monoisotopic (exact) mass is 282 g/mol. The number of sulfone groups is 1. The zero-order valence-electron chi connectivity index (χ0n) is 10.4. The summed E-state index contributed by atoms with van der Waals surface area (Å²) in [6, 6.07) is 0. The van der Waals surface area contributed by atoms with Crippen LogP contribution in [0.25, 0.3) is 0 Å². The van der Waals surface area contributed by atoms with Gasteiger partial charge in [0.2, 0.25) is 9.84 Å². The molecule has 0 aromatic heterocycles. The Balaban J connectivity index is 2.45. The van der Waals surface area contributed by atoms with Crippen LogP contribution in [0, 0.1) is 0 Å². The molecule has 0 saturated heterocycles. The minimum absolute atomic E-state index is 0.0670. The van der Waals surface area contributed by atoms with E-state index in [1.807, 2.05) is 0 Å². The van der Waals surface area contributed by atoms with Gasteiger partial charge < -0.3 is 22.9 Å². The standard InChI is InChI=1S/C12H18N4O2S/c13-11(14)5-1-3-9(7-11)19(17,18)10-4-2-6-12(15,16)8-10/h1-4,7-8H,5-6,13-16H2. The summed E-state index contributed by atoms with van der Waals surface area (Å²) in [7, 11) is -3.70. The molecule has 0 aliphatic heterocycles. The Morgan fingerprint density at radius 1 is 0.842 bits per heavy atom. The summed E-state index contributed by atoms with van der Waals surface area (Å²) in [6.07, 6.45) is 9.73. The summed E-state index contributed by atoms with van der Waals surface area (Å²) in [4.78, 5) is 0.134. The van der Waals surface area contributed by atoms with Gasteiger partial charge in [-0.3, -0.25) is 0 Å². The first kappa shape index (κ1) is 14.2. The lowest BCUT2D eigenvalue weighted by Crippen LogP contribution is -2.49.